The number of carbonyl (C=O) groups excluding carboxylic acids is 1. The van der Waals surface area contributed by atoms with Crippen LogP contribution < -0.4 is 5.32 Å². The second-order valence-corrected chi connectivity index (χ2v) is 6.13. The van der Waals surface area contributed by atoms with Gasteiger partial charge in [0.15, 0.2) is 0 Å². The summed E-state index contributed by atoms with van der Waals surface area (Å²) in [6, 6.07) is 8.18. The van der Waals surface area contributed by atoms with Crippen molar-refractivity contribution < 1.29 is 26.7 Å². The van der Waals surface area contributed by atoms with Crippen LogP contribution >= 0.6 is 0 Å². The van der Waals surface area contributed by atoms with Crippen LogP contribution in [0.4, 0.5) is 27.6 Å². The van der Waals surface area contributed by atoms with Gasteiger partial charge in [0.1, 0.15) is 5.69 Å². The molecule has 1 N–H and O–H groups in total. The third-order valence-electron chi connectivity index (χ3n) is 4.25. The van der Waals surface area contributed by atoms with Crippen molar-refractivity contribution in [2.24, 2.45) is 0 Å². The third-order valence-corrected chi connectivity index (χ3v) is 4.25. The Kier molecular flexibility index (Phi) is 5.58. The molecule has 0 saturated heterocycles. The molecule has 0 bridgehead atoms. The largest absolute Gasteiger partial charge is 0.417 e. The number of anilines is 1. The van der Waals surface area contributed by atoms with E-state index in [1.165, 1.54) is 30.5 Å². The first-order chi connectivity index (χ1) is 13.7. The summed E-state index contributed by atoms with van der Waals surface area (Å²) in [6.07, 6.45) is -4.32. The number of rotatable bonds is 4. The van der Waals surface area contributed by atoms with Crippen molar-refractivity contribution in [2.45, 2.75) is 19.5 Å². The SMILES string of the molecule is Cc1c(NC(=O)c2cccnc2C(F)F)cccc1-c1cncc(C(F)(F)F)c1. The lowest BCUT2D eigenvalue weighted by molar-refractivity contribution is -0.137. The Morgan fingerprint density at radius 1 is 1.10 bits per heavy atom. The van der Waals surface area contributed by atoms with Crippen LogP contribution in [-0.4, -0.2) is 15.9 Å². The average molecular weight is 407 g/mol. The summed E-state index contributed by atoms with van der Waals surface area (Å²) in [5, 5.41) is 2.52. The average Bonchev–Trinajstić information content (AvgIpc) is 2.69. The Balaban J connectivity index is 1.96. The Hall–Kier alpha value is -3.36. The van der Waals surface area contributed by atoms with Crippen molar-refractivity contribution in [3.05, 3.63) is 77.4 Å². The van der Waals surface area contributed by atoms with Crippen molar-refractivity contribution in [3.63, 3.8) is 0 Å². The van der Waals surface area contributed by atoms with Crippen molar-refractivity contribution in [3.8, 4) is 11.1 Å². The highest BCUT2D eigenvalue weighted by Gasteiger charge is 2.31. The molecule has 0 radical (unpaired) electrons. The monoisotopic (exact) mass is 407 g/mol. The molecule has 3 rings (SSSR count). The standard InChI is InChI=1S/C20H14F5N3O/c1-11-14(12-8-13(10-26-9-12)20(23,24)25)4-2-6-16(11)28-19(29)15-5-3-7-27-17(15)18(21)22/h2-10,18H,1H3,(H,28,29). The number of hydrogen-bond donors (Lipinski definition) is 1. The van der Waals surface area contributed by atoms with E-state index in [2.05, 4.69) is 15.3 Å². The number of alkyl halides is 5. The van der Waals surface area contributed by atoms with Crippen molar-refractivity contribution in [1.82, 2.24) is 9.97 Å². The molecule has 1 aromatic carbocycles. The number of amides is 1. The number of carbonyl (C=O) groups is 1. The normalized spacial score (nSPS) is 11.6. The molecular weight excluding hydrogens is 393 g/mol. The van der Waals surface area contributed by atoms with E-state index in [9.17, 15) is 26.7 Å². The Labute approximate surface area is 162 Å². The van der Waals surface area contributed by atoms with Crippen LogP contribution in [-0.2, 0) is 6.18 Å². The van der Waals surface area contributed by atoms with E-state index in [0.717, 1.165) is 18.5 Å². The van der Waals surface area contributed by atoms with E-state index >= 15 is 0 Å². The number of halogens is 5. The number of nitrogens with zero attached hydrogens (tertiary/aromatic N) is 2. The number of pyridine rings is 2. The van der Waals surface area contributed by atoms with E-state index in [0.29, 0.717) is 11.1 Å². The molecule has 0 aliphatic heterocycles. The van der Waals surface area contributed by atoms with Gasteiger partial charge in [0.05, 0.1) is 11.1 Å². The summed E-state index contributed by atoms with van der Waals surface area (Å²) >= 11 is 0. The fourth-order valence-corrected chi connectivity index (χ4v) is 2.80. The van der Waals surface area contributed by atoms with E-state index in [1.807, 2.05) is 0 Å². The highest BCUT2D eigenvalue weighted by molar-refractivity contribution is 6.05. The Bertz CT molecular complexity index is 1050. The van der Waals surface area contributed by atoms with Gasteiger partial charge in [0.2, 0.25) is 0 Å². The molecule has 0 spiro atoms. The lowest BCUT2D eigenvalue weighted by atomic mass is 9.99. The van der Waals surface area contributed by atoms with E-state index in [4.69, 9.17) is 0 Å². The fourth-order valence-electron chi connectivity index (χ4n) is 2.80. The fraction of sp³-hybridized carbons (Fsp3) is 0.150. The quantitative estimate of drug-likeness (QED) is 0.568. The van der Waals surface area contributed by atoms with Crippen LogP contribution in [0.2, 0.25) is 0 Å². The van der Waals surface area contributed by atoms with Gasteiger partial charge in [-0.15, -0.1) is 0 Å². The van der Waals surface area contributed by atoms with E-state index in [1.54, 1.807) is 13.0 Å². The summed E-state index contributed by atoms with van der Waals surface area (Å²) in [5.74, 6) is -0.796. The molecule has 0 atom stereocenters. The Morgan fingerprint density at radius 2 is 1.86 bits per heavy atom. The zero-order valence-corrected chi connectivity index (χ0v) is 15.0. The van der Waals surface area contributed by atoms with Crippen LogP contribution in [0.1, 0.15) is 33.6 Å². The van der Waals surface area contributed by atoms with Crippen LogP contribution in [0.5, 0.6) is 0 Å². The molecule has 9 heteroatoms. The lowest BCUT2D eigenvalue weighted by Gasteiger charge is -2.15. The van der Waals surface area contributed by atoms with Gasteiger partial charge in [-0.2, -0.15) is 13.2 Å². The zero-order chi connectivity index (χ0) is 21.2. The maximum Gasteiger partial charge on any atom is 0.417 e. The van der Waals surface area contributed by atoms with Gasteiger partial charge in [-0.25, -0.2) is 8.78 Å². The first kappa shape index (κ1) is 20.4. The number of aromatic nitrogens is 2. The highest BCUT2D eigenvalue weighted by atomic mass is 19.4. The molecule has 4 nitrogen and oxygen atoms in total. The first-order valence-corrected chi connectivity index (χ1v) is 8.35. The van der Waals surface area contributed by atoms with Gasteiger partial charge < -0.3 is 5.32 Å². The van der Waals surface area contributed by atoms with Gasteiger partial charge >= 0.3 is 6.18 Å². The number of benzene rings is 1. The molecule has 0 fully saturated rings. The molecule has 1 amide bonds. The molecule has 150 valence electrons. The minimum Gasteiger partial charge on any atom is -0.322 e. The molecule has 2 aromatic heterocycles. The van der Waals surface area contributed by atoms with Crippen molar-refractivity contribution in [1.29, 1.82) is 0 Å². The molecular formula is C20H14F5N3O. The van der Waals surface area contributed by atoms with Gasteiger partial charge in [0, 0.05) is 29.8 Å². The van der Waals surface area contributed by atoms with Gasteiger partial charge in [0.25, 0.3) is 12.3 Å². The topological polar surface area (TPSA) is 54.9 Å². The maximum absolute atomic E-state index is 13.1. The van der Waals surface area contributed by atoms with E-state index < -0.39 is 29.8 Å². The van der Waals surface area contributed by atoms with Crippen molar-refractivity contribution in [2.75, 3.05) is 5.32 Å². The summed E-state index contributed by atoms with van der Waals surface area (Å²) in [6.45, 7) is 1.60. The predicted molar refractivity (Wildman–Crippen MR) is 96.6 cm³/mol. The first-order valence-electron chi connectivity index (χ1n) is 8.35. The van der Waals surface area contributed by atoms with Crippen molar-refractivity contribution >= 4 is 11.6 Å². The third kappa shape index (κ3) is 4.39. The highest BCUT2D eigenvalue weighted by Crippen LogP contribution is 2.34. The maximum atomic E-state index is 13.1. The molecule has 29 heavy (non-hydrogen) atoms. The van der Waals surface area contributed by atoms with Crippen LogP contribution in [0.15, 0.2) is 55.0 Å². The smallest absolute Gasteiger partial charge is 0.322 e. The predicted octanol–water partition coefficient (Wildman–Crippen LogP) is 5.66. The molecule has 0 aliphatic carbocycles. The second-order valence-electron chi connectivity index (χ2n) is 6.13. The summed E-state index contributed by atoms with van der Waals surface area (Å²) in [7, 11) is 0. The molecule has 2 heterocycles. The van der Waals surface area contributed by atoms with Crippen LogP contribution in [0.3, 0.4) is 0 Å². The minimum atomic E-state index is -4.55. The number of nitrogens with one attached hydrogen (secondary N) is 1. The summed E-state index contributed by atoms with van der Waals surface area (Å²) in [5.41, 5.74) is -0.474. The molecule has 0 saturated carbocycles. The summed E-state index contributed by atoms with van der Waals surface area (Å²) < 4.78 is 65.1. The van der Waals surface area contributed by atoms with E-state index in [-0.39, 0.29) is 16.8 Å². The lowest BCUT2D eigenvalue weighted by Crippen LogP contribution is -2.16. The van der Waals surface area contributed by atoms with Crippen LogP contribution in [0.25, 0.3) is 11.1 Å². The Morgan fingerprint density at radius 3 is 2.55 bits per heavy atom. The molecule has 0 unspecified atom stereocenters. The van der Waals surface area contributed by atoms with Gasteiger partial charge in [-0.1, -0.05) is 12.1 Å². The van der Waals surface area contributed by atoms with Gasteiger partial charge in [-0.3, -0.25) is 14.8 Å². The van der Waals surface area contributed by atoms with Crippen LogP contribution in [0, 0.1) is 6.92 Å². The number of hydrogen-bond acceptors (Lipinski definition) is 3. The second kappa shape index (κ2) is 7.94. The van der Waals surface area contributed by atoms with Gasteiger partial charge in [-0.05, 0) is 42.3 Å². The molecule has 3 aromatic rings. The molecule has 0 aliphatic rings. The summed E-state index contributed by atoms with van der Waals surface area (Å²) in [4.78, 5) is 19.7. The zero-order valence-electron chi connectivity index (χ0n) is 15.0. The minimum absolute atomic E-state index is 0.211.